The molecule has 1 aliphatic carbocycles. The molecular weight excluding hydrogens is 266 g/mol. The molecule has 0 saturated heterocycles. The van der Waals surface area contributed by atoms with Crippen LogP contribution >= 0.6 is 0 Å². The molecular formula is C16H21N3O2. The van der Waals surface area contributed by atoms with Gasteiger partial charge in [0.05, 0.1) is 24.7 Å². The van der Waals surface area contributed by atoms with Gasteiger partial charge in [0, 0.05) is 18.2 Å². The topological polar surface area (TPSA) is 88.1 Å². The molecule has 5 nitrogen and oxygen atoms in total. The third-order valence-corrected chi connectivity index (χ3v) is 4.10. The van der Waals surface area contributed by atoms with E-state index in [1.807, 2.05) is 6.07 Å². The third kappa shape index (κ3) is 3.73. The first kappa shape index (κ1) is 15.3. The van der Waals surface area contributed by atoms with Gasteiger partial charge < -0.3 is 15.8 Å². The largest absolute Gasteiger partial charge is 0.496 e. The van der Waals surface area contributed by atoms with Crippen LogP contribution < -0.4 is 15.8 Å². The van der Waals surface area contributed by atoms with Crippen LogP contribution in [-0.4, -0.2) is 19.1 Å². The SMILES string of the molecule is COc1cc(C#N)ccc1CNC1CCCCC1C(N)=O. The molecule has 2 atom stereocenters. The van der Waals surface area contributed by atoms with Crippen LogP contribution in [0, 0.1) is 17.2 Å². The van der Waals surface area contributed by atoms with E-state index < -0.39 is 0 Å². The van der Waals surface area contributed by atoms with Crippen molar-refractivity contribution in [2.75, 3.05) is 7.11 Å². The summed E-state index contributed by atoms with van der Waals surface area (Å²) >= 11 is 0. The van der Waals surface area contributed by atoms with Crippen molar-refractivity contribution >= 4 is 5.91 Å². The van der Waals surface area contributed by atoms with Crippen molar-refractivity contribution in [3.05, 3.63) is 29.3 Å². The summed E-state index contributed by atoms with van der Waals surface area (Å²) in [6, 6.07) is 7.59. The first-order valence-corrected chi connectivity index (χ1v) is 7.25. The Balaban J connectivity index is 2.05. The number of benzene rings is 1. The molecule has 0 aromatic heterocycles. The van der Waals surface area contributed by atoms with Gasteiger partial charge in [0.2, 0.25) is 5.91 Å². The molecule has 0 spiro atoms. The molecule has 5 heteroatoms. The van der Waals surface area contributed by atoms with E-state index in [-0.39, 0.29) is 17.9 Å². The molecule has 0 radical (unpaired) electrons. The molecule has 2 rings (SSSR count). The minimum Gasteiger partial charge on any atom is -0.496 e. The fourth-order valence-corrected chi connectivity index (χ4v) is 2.92. The van der Waals surface area contributed by atoms with E-state index in [9.17, 15) is 4.79 Å². The van der Waals surface area contributed by atoms with Gasteiger partial charge in [0.25, 0.3) is 0 Å². The maximum Gasteiger partial charge on any atom is 0.222 e. The predicted octanol–water partition coefficient (Wildman–Crippen LogP) is 1.70. The molecule has 1 saturated carbocycles. The molecule has 1 aromatic rings. The Morgan fingerprint density at radius 1 is 1.48 bits per heavy atom. The number of nitrogens with two attached hydrogens (primary N) is 1. The van der Waals surface area contributed by atoms with Crippen molar-refractivity contribution in [1.29, 1.82) is 5.26 Å². The van der Waals surface area contributed by atoms with E-state index in [1.165, 1.54) is 0 Å². The van der Waals surface area contributed by atoms with Crippen molar-refractivity contribution in [1.82, 2.24) is 5.32 Å². The van der Waals surface area contributed by atoms with Crippen molar-refractivity contribution in [2.24, 2.45) is 11.7 Å². The van der Waals surface area contributed by atoms with E-state index in [0.717, 1.165) is 31.2 Å². The highest BCUT2D eigenvalue weighted by Crippen LogP contribution is 2.26. The van der Waals surface area contributed by atoms with Crippen LogP contribution in [0.5, 0.6) is 5.75 Å². The summed E-state index contributed by atoms with van der Waals surface area (Å²) in [6.45, 7) is 0.601. The van der Waals surface area contributed by atoms with Crippen LogP contribution in [-0.2, 0) is 11.3 Å². The summed E-state index contributed by atoms with van der Waals surface area (Å²) in [4.78, 5) is 11.5. The zero-order chi connectivity index (χ0) is 15.2. The number of hydrogen-bond donors (Lipinski definition) is 2. The number of nitrogens with one attached hydrogen (secondary N) is 1. The number of primary amides is 1. The fourth-order valence-electron chi connectivity index (χ4n) is 2.92. The van der Waals surface area contributed by atoms with E-state index in [0.29, 0.717) is 17.9 Å². The van der Waals surface area contributed by atoms with Crippen LogP contribution in [0.4, 0.5) is 0 Å². The molecule has 0 aliphatic heterocycles. The van der Waals surface area contributed by atoms with E-state index >= 15 is 0 Å². The number of methoxy groups -OCH3 is 1. The molecule has 21 heavy (non-hydrogen) atoms. The predicted molar refractivity (Wildman–Crippen MR) is 79.5 cm³/mol. The fraction of sp³-hybridized carbons (Fsp3) is 0.500. The zero-order valence-corrected chi connectivity index (χ0v) is 12.3. The van der Waals surface area contributed by atoms with Gasteiger partial charge in [0.15, 0.2) is 0 Å². The quantitative estimate of drug-likeness (QED) is 0.862. The highest BCUT2D eigenvalue weighted by molar-refractivity contribution is 5.77. The summed E-state index contributed by atoms with van der Waals surface area (Å²) in [7, 11) is 1.59. The van der Waals surface area contributed by atoms with Crippen LogP contribution in [0.2, 0.25) is 0 Å². The first-order chi connectivity index (χ1) is 10.2. The van der Waals surface area contributed by atoms with Crippen LogP contribution in [0.1, 0.15) is 36.8 Å². The van der Waals surface area contributed by atoms with Gasteiger partial charge in [-0.15, -0.1) is 0 Å². The maximum absolute atomic E-state index is 11.5. The lowest BCUT2D eigenvalue weighted by Gasteiger charge is -2.30. The second-order valence-electron chi connectivity index (χ2n) is 5.42. The summed E-state index contributed by atoms with van der Waals surface area (Å²) in [5, 5.41) is 12.3. The third-order valence-electron chi connectivity index (χ3n) is 4.10. The molecule has 0 bridgehead atoms. The Morgan fingerprint density at radius 3 is 2.90 bits per heavy atom. The molecule has 1 amide bonds. The van der Waals surface area contributed by atoms with Crippen molar-refractivity contribution in [3.8, 4) is 11.8 Å². The second-order valence-corrected chi connectivity index (χ2v) is 5.42. The molecule has 0 heterocycles. The second kappa shape index (κ2) is 7.09. The van der Waals surface area contributed by atoms with Crippen molar-refractivity contribution < 1.29 is 9.53 Å². The Morgan fingerprint density at radius 2 is 2.24 bits per heavy atom. The molecule has 2 unspecified atom stereocenters. The number of hydrogen-bond acceptors (Lipinski definition) is 4. The number of ether oxygens (including phenoxy) is 1. The first-order valence-electron chi connectivity index (χ1n) is 7.25. The monoisotopic (exact) mass is 287 g/mol. The number of carbonyl (C=O) groups is 1. The highest BCUT2D eigenvalue weighted by atomic mass is 16.5. The maximum atomic E-state index is 11.5. The van der Waals surface area contributed by atoms with E-state index in [2.05, 4.69) is 11.4 Å². The summed E-state index contributed by atoms with van der Waals surface area (Å²) in [5.41, 5.74) is 7.03. The van der Waals surface area contributed by atoms with Crippen molar-refractivity contribution in [2.45, 2.75) is 38.3 Å². The molecule has 3 N–H and O–H groups in total. The lowest BCUT2D eigenvalue weighted by Crippen LogP contribution is -2.44. The Hall–Kier alpha value is -2.06. The van der Waals surface area contributed by atoms with Gasteiger partial charge in [-0.05, 0) is 25.0 Å². The smallest absolute Gasteiger partial charge is 0.222 e. The van der Waals surface area contributed by atoms with E-state index in [4.69, 9.17) is 15.7 Å². The summed E-state index contributed by atoms with van der Waals surface area (Å²) in [5.74, 6) is 0.370. The van der Waals surface area contributed by atoms with Crippen LogP contribution in [0.25, 0.3) is 0 Å². The van der Waals surface area contributed by atoms with Gasteiger partial charge >= 0.3 is 0 Å². The van der Waals surface area contributed by atoms with Gasteiger partial charge in [-0.3, -0.25) is 4.79 Å². The number of amides is 1. The number of nitrogens with zero attached hydrogens (tertiary/aromatic N) is 1. The van der Waals surface area contributed by atoms with Gasteiger partial charge in [-0.1, -0.05) is 18.9 Å². The average Bonchev–Trinajstić information content (AvgIpc) is 2.52. The standard InChI is InChI=1S/C16H21N3O2/c1-21-15-8-11(9-17)6-7-12(15)10-19-14-5-3-2-4-13(14)16(18)20/h6-8,13-14,19H,2-5,10H2,1H3,(H2,18,20). The molecule has 1 fully saturated rings. The minimum atomic E-state index is -0.223. The highest BCUT2D eigenvalue weighted by Gasteiger charge is 2.28. The van der Waals surface area contributed by atoms with Crippen molar-refractivity contribution in [3.63, 3.8) is 0 Å². The van der Waals surface area contributed by atoms with Gasteiger partial charge in [-0.2, -0.15) is 5.26 Å². The molecule has 112 valence electrons. The Bertz CT molecular complexity index is 551. The summed E-state index contributed by atoms with van der Waals surface area (Å²) in [6.07, 6.45) is 4.00. The normalized spacial score (nSPS) is 21.5. The Labute approximate surface area is 125 Å². The summed E-state index contributed by atoms with van der Waals surface area (Å²) < 4.78 is 5.32. The molecule has 1 aliphatic rings. The number of rotatable bonds is 5. The number of nitriles is 1. The molecule has 1 aromatic carbocycles. The minimum absolute atomic E-state index is 0.0943. The lowest BCUT2D eigenvalue weighted by molar-refractivity contribution is -0.123. The van der Waals surface area contributed by atoms with Gasteiger partial charge in [-0.25, -0.2) is 0 Å². The number of carbonyl (C=O) groups excluding carboxylic acids is 1. The van der Waals surface area contributed by atoms with E-state index in [1.54, 1.807) is 19.2 Å². The van der Waals surface area contributed by atoms with Gasteiger partial charge in [0.1, 0.15) is 5.75 Å². The zero-order valence-electron chi connectivity index (χ0n) is 12.3. The Kier molecular flexibility index (Phi) is 5.18. The van der Waals surface area contributed by atoms with Crippen LogP contribution in [0.3, 0.4) is 0 Å². The van der Waals surface area contributed by atoms with Crippen LogP contribution in [0.15, 0.2) is 18.2 Å². The average molecular weight is 287 g/mol. The lowest BCUT2D eigenvalue weighted by atomic mass is 9.84.